The molecule has 4 rings (SSSR count). The van der Waals surface area contributed by atoms with Gasteiger partial charge in [0.1, 0.15) is 5.75 Å². The summed E-state index contributed by atoms with van der Waals surface area (Å²) in [6.45, 7) is 0.0676. The molecule has 0 radical (unpaired) electrons. The molecular formula is C24H24N2O6S. The molecule has 0 saturated heterocycles. The minimum Gasteiger partial charge on any atom is -0.493 e. The largest absolute Gasteiger partial charge is 0.493 e. The number of benzene rings is 3. The molecule has 33 heavy (non-hydrogen) atoms. The highest BCUT2D eigenvalue weighted by Gasteiger charge is 2.37. The fourth-order valence-corrected chi connectivity index (χ4v) is 5.08. The van der Waals surface area contributed by atoms with Crippen LogP contribution in [0.15, 0.2) is 77.7 Å². The van der Waals surface area contributed by atoms with E-state index >= 15 is 0 Å². The number of hydrogen-bond acceptors (Lipinski definition) is 6. The van der Waals surface area contributed by atoms with E-state index in [9.17, 15) is 13.2 Å². The average molecular weight is 469 g/mol. The fourth-order valence-electron chi connectivity index (χ4n) is 3.58. The second-order valence-corrected chi connectivity index (χ2v) is 9.19. The topological polar surface area (TPSA) is 94.2 Å². The highest BCUT2D eigenvalue weighted by Crippen LogP contribution is 2.36. The summed E-state index contributed by atoms with van der Waals surface area (Å²) >= 11 is 0. The highest BCUT2D eigenvalue weighted by molar-refractivity contribution is 7.92. The molecule has 0 aliphatic carbocycles. The Labute approximate surface area is 192 Å². The lowest BCUT2D eigenvalue weighted by Crippen LogP contribution is -2.50. The number of methoxy groups -OCH3 is 2. The van der Waals surface area contributed by atoms with Gasteiger partial charge in [-0.1, -0.05) is 36.4 Å². The number of para-hydroxylation sites is 2. The van der Waals surface area contributed by atoms with Crippen molar-refractivity contribution in [1.29, 1.82) is 0 Å². The van der Waals surface area contributed by atoms with Gasteiger partial charge in [0.15, 0.2) is 17.6 Å². The zero-order chi connectivity index (χ0) is 23.4. The van der Waals surface area contributed by atoms with Crippen LogP contribution in [0.5, 0.6) is 17.2 Å². The van der Waals surface area contributed by atoms with E-state index < -0.39 is 22.0 Å². The molecule has 8 nitrogen and oxygen atoms in total. The van der Waals surface area contributed by atoms with Gasteiger partial charge in [0.2, 0.25) is 0 Å². The van der Waals surface area contributed by atoms with Crippen molar-refractivity contribution < 1.29 is 27.4 Å². The maximum atomic E-state index is 13.3. The van der Waals surface area contributed by atoms with E-state index in [1.54, 1.807) is 61.7 Å². The standard InChI is InChI=1S/C24H24N2O6S/c1-30-21-13-12-17(14-22(21)31-2)15-25-24(27)23-16-26(19-10-6-7-11-20(19)32-23)33(28,29)18-8-4-3-5-9-18/h3-14,23H,15-16H2,1-2H3,(H,25,27). The van der Waals surface area contributed by atoms with Gasteiger partial charge in [-0.25, -0.2) is 8.42 Å². The van der Waals surface area contributed by atoms with Crippen LogP contribution in [0.2, 0.25) is 0 Å². The number of anilines is 1. The molecule has 0 spiro atoms. The first-order valence-corrected chi connectivity index (χ1v) is 11.7. The molecule has 0 fully saturated rings. The van der Waals surface area contributed by atoms with Gasteiger partial charge in [0.25, 0.3) is 15.9 Å². The first-order valence-electron chi connectivity index (χ1n) is 10.3. The number of amides is 1. The quantitative estimate of drug-likeness (QED) is 0.573. The van der Waals surface area contributed by atoms with Crippen molar-refractivity contribution in [3.05, 3.63) is 78.4 Å². The molecule has 3 aromatic carbocycles. The van der Waals surface area contributed by atoms with E-state index in [1.807, 2.05) is 6.07 Å². The van der Waals surface area contributed by atoms with E-state index in [1.165, 1.54) is 23.5 Å². The van der Waals surface area contributed by atoms with E-state index in [2.05, 4.69) is 5.32 Å². The van der Waals surface area contributed by atoms with Gasteiger partial charge in [-0.15, -0.1) is 0 Å². The van der Waals surface area contributed by atoms with Crippen molar-refractivity contribution in [3.8, 4) is 17.2 Å². The minimum absolute atomic E-state index is 0.145. The number of carbonyl (C=O) groups is 1. The van der Waals surface area contributed by atoms with Gasteiger partial charge in [-0.2, -0.15) is 0 Å². The summed E-state index contributed by atoms with van der Waals surface area (Å²) < 4.78 is 44.3. The van der Waals surface area contributed by atoms with Crippen molar-refractivity contribution in [2.75, 3.05) is 25.1 Å². The fraction of sp³-hybridized carbons (Fsp3) is 0.208. The lowest BCUT2D eigenvalue weighted by Gasteiger charge is -2.34. The zero-order valence-electron chi connectivity index (χ0n) is 18.2. The second kappa shape index (κ2) is 9.41. The Bertz CT molecular complexity index is 1250. The zero-order valence-corrected chi connectivity index (χ0v) is 19.0. The third-order valence-corrected chi connectivity index (χ3v) is 7.07. The van der Waals surface area contributed by atoms with Crippen LogP contribution in [-0.2, 0) is 21.4 Å². The van der Waals surface area contributed by atoms with Crippen LogP contribution in [0.4, 0.5) is 5.69 Å². The molecule has 0 saturated carbocycles. The maximum absolute atomic E-state index is 13.3. The van der Waals surface area contributed by atoms with Crippen LogP contribution in [0, 0.1) is 0 Å². The number of nitrogens with zero attached hydrogens (tertiary/aromatic N) is 1. The number of nitrogens with one attached hydrogen (secondary N) is 1. The molecule has 0 aromatic heterocycles. The predicted molar refractivity (Wildman–Crippen MR) is 123 cm³/mol. The number of fused-ring (bicyclic) bond motifs is 1. The summed E-state index contributed by atoms with van der Waals surface area (Å²) in [5.74, 6) is 1.04. The second-order valence-electron chi connectivity index (χ2n) is 7.33. The summed E-state index contributed by atoms with van der Waals surface area (Å²) in [6, 6.07) is 20.2. The van der Waals surface area contributed by atoms with E-state index in [4.69, 9.17) is 14.2 Å². The number of ether oxygens (including phenoxy) is 3. The van der Waals surface area contributed by atoms with Crippen LogP contribution < -0.4 is 23.8 Å². The van der Waals surface area contributed by atoms with Crippen LogP contribution in [-0.4, -0.2) is 41.2 Å². The summed E-state index contributed by atoms with van der Waals surface area (Å²) in [6.07, 6.45) is -1.02. The number of hydrogen-bond donors (Lipinski definition) is 1. The summed E-state index contributed by atoms with van der Waals surface area (Å²) in [5, 5.41) is 2.82. The smallest absolute Gasteiger partial charge is 0.264 e. The number of carbonyl (C=O) groups excluding carboxylic acids is 1. The third-order valence-electron chi connectivity index (χ3n) is 5.27. The molecule has 1 aliphatic heterocycles. The summed E-state index contributed by atoms with van der Waals surface area (Å²) in [4.78, 5) is 13.1. The molecule has 1 atom stereocenters. The molecule has 3 aromatic rings. The first-order chi connectivity index (χ1) is 15.9. The van der Waals surface area contributed by atoms with Crippen LogP contribution >= 0.6 is 0 Å². The molecule has 0 bridgehead atoms. The third kappa shape index (κ3) is 4.58. The SMILES string of the molecule is COc1ccc(CNC(=O)C2CN(S(=O)(=O)c3ccccc3)c3ccccc3O2)cc1OC. The molecule has 9 heteroatoms. The van der Waals surface area contributed by atoms with Crippen molar-refractivity contribution in [1.82, 2.24) is 5.32 Å². The van der Waals surface area contributed by atoms with Gasteiger partial charge in [-0.3, -0.25) is 9.10 Å². The van der Waals surface area contributed by atoms with Crippen molar-refractivity contribution in [3.63, 3.8) is 0 Å². The normalized spacial score (nSPS) is 15.2. The first kappa shape index (κ1) is 22.5. The van der Waals surface area contributed by atoms with E-state index in [0.717, 1.165) is 5.56 Å². The maximum Gasteiger partial charge on any atom is 0.264 e. The van der Waals surface area contributed by atoms with Crippen LogP contribution in [0.1, 0.15) is 5.56 Å². The molecule has 1 unspecified atom stereocenters. The van der Waals surface area contributed by atoms with Gasteiger partial charge in [0, 0.05) is 6.54 Å². The number of sulfonamides is 1. The van der Waals surface area contributed by atoms with Crippen LogP contribution in [0.25, 0.3) is 0 Å². The van der Waals surface area contributed by atoms with Crippen molar-refractivity contribution in [2.24, 2.45) is 0 Å². The Balaban J connectivity index is 1.55. The Morgan fingerprint density at radius 1 is 1.00 bits per heavy atom. The monoisotopic (exact) mass is 468 g/mol. The lowest BCUT2D eigenvalue weighted by atomic mass is 10.2. The number of rotatable bonds is 7. The van der Waals surface area contributed by atoms with Gasteiger partial charge >= 0.3 is 0 Å². The lowest BCUT2D eigenvalue weighted by molar-refractivity contribution is -0.127. The highest BCUT2D eigenvalue weighted by atomic mass is 32.2. The van der Waals surface area contributed by atoms with Gasteiger partial charge in [0.05, 0.1) is 31.3 Å². The molecule has 1 aliphatic rings. The van der Waals surface area contributed by atoms with E-state index in [0.29, 0.717) is 22.9 Å². The minimum atomic E-state index is -3.88. The summed E-state index contributed by atoms with van der Waals surface area (Å²) in [5.41, 5.74) is 1.19. The Hall–Kier alpha value is -3.72. The Morgan fingerprint density at radius 3 is 2.42 bits per heavy atom. The predicted octanol–water partition coefficient (Wildman–Crippen LogP) is 2.98. The van der Waals surface area contributed by atoms with Gasteiger partial charge in [-0.05, 0) is 42.0 Å². The molecule has 1 N–H and O–H groups in total. The summed E-state index contributed by atoms with van der Waals surface area (Å²) in [7, 11) is -0.797. The van der Waals surface area contributed by atoms with E-state index in [-0.39, 0.29) is 18.0 Å². The molecule has 1 amide bonds. The van der Waals surface area contributed by atoms with Crippen molar-refractivity contribution >= 4 is 21.6 Å². The molecular weight excluding hydrogens is 444 g/mol. The van der Waals surface area contributed by atoms with Crippen LogP contribution in [0.3, 0.4) is 0 Å². The van der Waals surface area contributed by atoms with Gasteiger partial charge < -0.3 is 19.5 Å². The average Bonchev–Trinajstić information content (AvgIpc) is 2.86. The molecule has 1 heterocycles. The molecule has 172 valence electrons. The Morgan fingerprint density at radius 2 is 1.70 bits per heavy atom. The Kier molecular flexibility index (Phi) is 6.41. The van der Waals surface area contributed by atoms with Crippen molar-refractivity contribution in [2.45, 2.75) is 17.5 Å².